The minimum absolute atomic E-state index is 0.698. The van der Waals surface area contributed by atoms with Crippen LogP contribution in [0.25, 0.3) is 0 Å². The number of nitrogens with zero attached hydrogens (tertiary/aromatic N) is 1. The van der Waals surface area contributed by atoms with Gasteiger partial charge < -0.3 is 10.2 Å². The molecule has 2 bridgehead atoms. The van der Waals surface area contributed by atoms with E-state index < -0.39 is 0 Å². The first-order chi connectivity index (χ1) is 7.15. The second kappa shape index (κ2) is 4.84. The molecule has 0 saturated carbocycles. The highest BCUT2D eigenvalue weighted by Crippen LogP contribution is 2.32. The normalized spacial score (nSPS) is 35.4. The molecule has 0 aromatic heterocycles. The average molecular weight is 210 g/mol. The minimum atomic E-state index is 0.698. The third-order valence-corrected chi connectivity index (χ3v) is 4.34. The van der Waals surface area contributed by atoms with E-state index in [-0.39, 0.29) is 0 Å². The summed E-state index contributed by atoms with van der Waals surface area (Å²) in [5.74, 6) is 0.991. The average Bonchev–Trinajstić information content (AvgIpc) is 2.54. The molecule has 2 saturated heterocycles. The smallest absolute Gasteiger partial charge is 0.00728 e. The standard InChI is InChI=1S/C13H26N2/c1-10(2)15(3)7-6-11-8-12-4-5-13(9-11)14-12/h10-14H,4-9H2,1-3H3. The van der Waals surface area contributed by atoms with Crippen molar-refractivity contribution in [2.75, 3.05) is 13.6 Å². The summed E-state index contributed by atoms with van der Waals surface area (Å²) in [5.41, 5.74) is 0. The summed E-state index contributed by atoms with van der Waals surface area (Å²) in [6.45, 7) is 5.85. The van der Waals surface area contributed by atoms with Crippen molar-refractivity contribution in [3.8, 4) is 0 Å². The summed E-state index contributed by atoms with van der Waals surface area (Å²) >= 11 is 0. The molecule has 0 aliphatic carbocycles. The number of hydrogen-bond donors (Lipinski definition) is 1. The Kier molecular flexibility index (Phi) is 3.68. The van der Waals surface area contributed by atoms with Crippen LogP contribution < -0.4 is 5.32 Å². The van der Waals surface area contributed by atoms with Gasteiger partial charge in [-0.2, -0.15) is 0 Å². The van der Waals surface area contributed by atoms with Gasteiger partial charge in [0.1, 0.15) is 0 Å². The molecule has 2 fully saturated rings. The molecule has 0 radical (unpaired) electrons. The van der Waals surface area contributed by atoms with Gasteiger partial charge in [0, 0.05) is 18.1 Å². The first-order valence-electron chi connectivity index (χ1n) is 6.61. The van der Waals surface area contributed by atoms with Crippen LogP contribution in [-0.4, -0.2) is 36.6 Å². The van der Waals surface area contributed by atoms with Crippen molar-refractivity contribution in [2.45, 2.75) is 64.1 Å². The number of fused-ring (bicyclic) bond motifs is 2. The molecule has 0 aromatic rings. The zero-order chi connectivity index (χ0) is 10.8. The molecule has 2 aliphatic heterocycles. The van der Waals surface area contributed by atoms with E-state index in [0.29, 0.717) is 6.04 Å². The topological polar surface area (TPSA) is 15.3 Å². The highest BCUT2D eigenvalue weighted by molar-refractivity contribution is 4.92. The van der Waals surface area contributed by atoms with E-state index in [4.69, 9.17) is 0 Å². The maximum absolute atomic E-state index is 3.72. The van der Waals surface area contributed by atoms with Crippen molar-refractivity contribution >= 4 is 0 Å². The van der Waals surface area contributed by atoms with Gasteiger partial charge in [0.25, 0.3) is 0 Å². The maximum Gasteiger partial charge on any atom is 0.00728 e. The van der Waals surface area contributed by atoms with Crippen LogP contribution in [0.15, 0.2) is 0 Å². The molecule has 2 rings (SSSR count). The Morgan fingerprint density at radius 3 is 2.33 bits per heavy atom. The van der Waals surface area contributed by atoms with Gasteiger partial charge in [0.2, 0.25) is 0 Å². The van der Waals surface area contributed by atoms with Crippen LogP contribution >= 0.6 is 0 Å². The van der Waals surface area contributed by atoms with Gasteiger partial charge in [-0.3, -0.25) is 0 Å². The van der Waals surface area contributed by atoms with Crippen LogP contribution in [-0.2, 0) is 0 Å². The van der Waals surface area contributed by atoms with Gasteiger partial charge in [-0.25, -0.2) is 0 Å². The van der Waals surface area contributed by atoms with E-state index in [1.54, 1.807) is 0 Å². The van der Waals surface area contributed by atoms with E-state index in [9.17, 15) is 0 Å². The largest absolute Gasteiger partial charge is 0.311 e. The Labute approximate surface area is 94.4 Å². The van der Waals surface area contributed by atoms with Gasteiger partial charge >= 0.3 is 0 Å². The van der Waals surface area contributed by atoms with Crippen LogP contribution in [0.5, 0.6) is 0 Å². The monoisotopic (exact) mass is 210 g/mol. The van der Waals surface area contributed by atoms with Crippen LogP contribution in [0.1, 0.15) is 46.0 Å². The highest BCUT2D eigenvalue weighted by Gasteiger charge is 2.33. The van der Waals surface area contributed by atoms with Crippen molar-refractivity contribution in [1.82, 2.24) is 10.2 Å². The highest BCUT2D eigenvalue weighted by atomic mass is 15.1. The molecule has 2 heteroatoms. The summed E-state index contributed by atoms with van der Waals surface area (Å²) in [6, 6.07) is 2.42. The Bertz CT molecular complexity index is 191. The number of rotatable bonds is 4. The van der Waals surface area contributed by atoms with E-state index in [1.165, 1.54) is 38.6 Å². The Hall–Kier alpha value is -0.0800. The van der Waals surface area contributed by atoms with Gasteiger partial charge in [0.05, 0.1) is 0 Å². The fourth-order valence-electron chi connectivity index (χ4n) is 3.06. The first-order valence-corrected chi connectivity index (χ1v) is 6.61. The van der Waals surface area contributed by atoms with E-state index in [0.717, 1.165) is 18.0 Å². The molecular formula is C13H26N2. The molecule has 1 N–H and O–H groups in total. The summed E-state index contributed by atoms with van der Waals surface area (Å²) in [6.07, 6.45) is 7.14. The second-order valence-corrected chi connectivity index (χ2v) is 5.84. The number of nitrogens with one attached hydrogen (secondary N) is 1. The van der Waals surface area contributed by atoms with E-state index in [1.807, 2.05) is 0 Å². The molecule has 15 heavy (non-hydrogen) atoms. The van der Waals surface area contributed by atoms with Crippen molar-refractivity contribution in [1.29, 1.82) is 0 Å². The molecule has 0 amide bonds. The number of piperidine rings is 1. The zero-order valence-electron chi connectivity index (χ0n) is 10.5. The van der Waals surface area contributed by atoms with E-state index in [2.05, 4.69) is 31.1 Å². The van der Waals surface area contributed by atoms with Gasteiger partial charge in [-0.05, 0) is 65.5 Å². The minimum Gasteiger partial charge on any atom is -0.311 e. The SMILES string of the molecule is CC(C)N(C)CCC1CC2CCC(C1)N2. The van der Waals surface area contributed by atoms with Crippen molar-refractivity contribution in [3.05, 3.63) is 0 Å². The lowest BCUT2D eigenvalue weighted by Gasteiger charge is -2.31. The quantitative estimate of drug-likeness (QED) is 0.765. The first kappa shape index (κ1) is 11.4. The summed E-state index contributed by atoms with van der Waals surface area (Å²) in [5, 5.41) is 3.72. The van der Waals surface area contributed by atoms with Gasteiger partial charge in [0.15, 0.2) is 0 Å². The Morgan fingerprint density at radius 2 is 1.80 bits per heavy atom. The zero-order valence-corrected chi connectivity index (χ0v) is 10.5. The predicted molar refractivity (Wildman–Crippen MR) is 65.1 cm³/mol. The molecule has 2 unspecified atom stereocenters. The van der Waals surface area contributed by atoms with Crippen LogP contribution in [0.2, 0.25) is 0 Å². The van der Waals surface area contributed by atoms with Gasteiger partial charge in [-0.15, -0.1) is 0 Å². The molecule has 2 heterocycles. The summed E-state index contributed by atoms with van der Waals surface area (Å²) < 4.78 is 0. The number of hydrogen-bond acceptors (Lipinski definition) is 2. The lowest BCUT2D eigenvalue weighted by atomic mass is 9.89. The third-order valence-electron chi connectivity index (χ3n) is 4.34. The molecule has 2 aliphatic rings. The Balaban J connectivity index is 1.71. The fraction of sp³-hybridized carbons (Fsp3) is 1.00. The Morgan fingerprint density at radius 1 is 1.20 bits per heavy atom. The summed E-state index contributed by atoms with van der Waals surface area (Å²) in [4.78, 5) is 2.48. The molecule has 2 nitrogen and oxygen atoms in total. The van der Waals surface area contributed by atoms with Gasteiger partial charge in [-0.1, -0.05) is 0 Å². The molecule has 0 spiro atoms. The van der Waals surface area contributed by atoms with Crippen molar-refractivity contribution in [3.63, 3.8) is 0 Å². The van der Waals surface area contributed by atoms with Crippen LogP contribution in [0.3, 0.4) is 0 Å². The summed E-state index contributed by atoms with van der Waals surface area (Å²) in [7, 11) is 2.25. The lowest BCUT2D eigenvalue weighted by molar-refractivity contribution is 0.218. The van der Waals surface area contributed by atoms with Crippen LogP contribution in [0, 0.1) is 5.92 Å². The van der Waals surface area contributed by atoms with E-state index >= 15 is 0 Å². The fourth-order valence-corrected chi connectivity index (χ4v) is 3.06. The third kappa shape index (κ3) is 2.94. The molecular weight excluding hydrogens is 184 g/mol. The van der Waals surface area contributed by atoms with Crippen LogP contribution in [0.4, 0.5) is 0 Å². The maximum atomic E-state index is 3.72. The lowest BCUT2D eigenvalue weighted by Crippen LogP contribution is -2.39. The molecule has 2 atom stereocenters. The predicted octanol–water partition coefficient (Wildman–Crippen LogP) is 2.25. The molecule has 88 valence electrons. The second-order valence-electron chi connectivity index (χ2n) is 5.84. The molecule has 0 aromatic carbocycles. The van der Waals surface area contributed by atoms with Crippen molar-refractivity contribution < 1.29 is 0 Å². The van der Waals surface area contributed by atoms with Crippen molar-refractivity contribution in [2.24, 2.45) is 5.92 Å².